The van der Waals surface area contributed by atoms with Gasteiger partial charge in [0.15, 0.2) is 0 Å². The lowest BCUT2D eigenvalue weighted by molar-refractivity contribution is 0.584. The lowest BCUT2D eigenvalue weighted by Crippen LogP contribution is -2.31. The molecule has 0 unspecified atom stereocenters. The van der Waals surface area contributed by atoms with Gasteiger partial charge in [0, 0.05) is 16.3 Å². The Balaban J connectivity index is 1.39. The first-order valence-corrected chi connectivity index (χ1v) is 16.7. The highest BCUT2D eigenvalue weighted by Crippen LogP contribution is 2.59. The molecule has 1 heteroatoms. The molecular formula is C45H42O. The molecule has 228 valence electrons. The highest BCUT2D eigenvalue weighted by molar-refractivity contribution is 6.08. The van der Waals surface area contributed by atoms with Crippen LogP contribution < -0.4 is 0 Å². The second kappa shape index (κ2) is 10.2. The number of benzene rings is 5. The summed E-state index contributed by atoms with van der Waals surface area (Å²) in [6.07, 6.45) is 6.75. The highest BCUT2D eigenvalue weighted by atomic mass is 16.3. The Morgan fingerprint density at radius 1 is 0.543 bits per heavy atom. The largest absolute Gasteiger partial charge is 0.455 e. The van der Waals surface area contributed by atoms with Gasteiger partial charge in [0.2, 0.25) is 0 Å². The third kappa shape index (κ3) is 4.28. The van der Waals surface area contributed by atoms with Crippen molar-refractivity contribution in [1.29, 1.82) is 0 Å². The molecule has 0 spiro atoms. The average Bonchev–Trinajstić information content (AvgIpc) is 3.58. The highest BCUT2D eigenvalue weighted by Gasteiger charge is 2.48. The zero-order valence-electron chi connectivity index (χ0n) is 27.9. The molecule has 0 amide bonds. The van der Waals surface area contributed by atoms with Gasteiger partial charge in [0.05, 0.1) is 5.41 Å². The van der Waals surface area contributed by atoms with Crippen molar-refractivity contribution in [2.24, 2.45) is 0 Å². The third-order valence-electron chi connectivity index (χ3n) is 10.5. The first kappa shape index (κ1) is 28.8. The summed E-state index contributed by atoms with van der Waals surface area (Å²) in [4.78, 5) is 0. The summed E-state index contributed by atoms with van der Waals surface area (Å²) in [6, 6.07) is 40.8. The molecule has 6 aromatic rings. The van der Waals surface area contributed by atoms with E-state index in [1.807, 2.05) is 0 Å². The molecular weight excluding hydrogens is 556 g/mol. The van der Waals surface area contributed by atoms with E-state index in [-0.39, 0.29) is 16.2 Å². The molecule has 2 aliphatic rings. The number of hydrogen-bond donors (Lipinski definition) is 0. The van der Waals surface area contributed by atoms with E-state index < -0.39 is 0 Å². The van der Waals surface area contributed by atoms with Crippen molar-refractivity contribution in [3.63, 3.8) is 0 Å². The van der Waals surface area contributed by atoms with Gasteiger partial charge in [-0.1, -0.05) is 162 Å². The van der Waals surface area contributed by atoms with Crippen LogP contribution in [-0.4, -0.2) is 0 Å². The van der Waals surface area contributed by atoms with Gasteiger partial charge in [0.1, 0.15) is 11.2 Å². The van der Waals surface area contributed by atoms with Crippen LogP contribution in [0.25, 0.3) is 38.6 Å². The van der Waals surface area contributed by atoms with Gasteiger partial charge in [-0.05, 0) is 74.3 Å². The van der Waals surface area contributed by atoms with Gasteiger partial charge >= 0.3 is 0 Å². The molecule has 8 rings (SSSR count). The summed E-state index contributed by atoms with van der Waals surface area (Å²) in [5, 5.41) is 2.37. The van der Waals surface area contributed by atoms with Crippen LogP contribution in [0.3, 0.4) is 0 Å². The van der Waals surface area contributed by atoms with E-state index >= 15 is 0 Å². The molecule has 1 heterocycles. The average molecular weight is 599 g/mol. The standard InChI is InChI=1S/C45H42O/c1-43(2,3)32-23-25-35-36-26-24-33(44(4,5)6)28-40(36)45(39(35)27-32,30-13-8-7-9-14-30)31-21-19-29(20-22-31)34-16-12-17-38-37-15-10-11-18-41(37)46-42(34)38/h7-19,21,23-28H,20,22H2,1-6H3. The summed E-state index contributed by atoms with van der Waals surface area (Å²) in [5.41, 5.74) is 15.3. The van der Waals surface area contributed by atoms with Crippen LogP contribution in [0.2, 0.25) is 0 Å². The maximum Gasteiger partial charge on any atom is 0.142 e. The van der Waals surface area contributed by atoms with Crippen molar-refractivity contribution in [2.75, 3.05) is 0 Å². The minimum absolute atomic E-state index is 0.0437. The molecule has 0 saturated heterocycles. The van der Waals surface area contributed by atoms with Crippen molar-refractivity contribution >= 4 is 27.5 Å². The van der Waals surface area contributed by atoms with Crippen molar-refractivity contribution in [3.05, 3.63) is 160 Å². The lowest BCUT2D eigenvalue weighted by Gasteiger charge is -2.38. The smallest absolute Gasteiger partial charge is 0.142 e. The fraction of sp³-hybridized carbons (Fsp3) is 0.244. The Kier molecular flexibility index (Phi) is 6.39. The number of fused-ring (bicyclic) bond motifs is 6. The SMILES string of the molecule is CC(C)(C)c1ccc2c(c1)C(C1=CC=C(c3cccc4c3oc3ccccc34)CC1)(c1ccccc1)c1cc(C(C)(C)C)ccc1-2. The predicted octanol–water partition coefficient (Wildman–Crippen LogP) is 12.3. The van der Waals surface area contributed by atoms with Crippen LogP contribution in [0, 0.1) is 0 Å². The Morgan fingerprint density at radius 2 is 1.15 bits per heavy atom. The second-order valence-electron chi connectivity index (χ2n) is 15.3. The van der Waals surface area contributed by atoms with Crippen LogP contribution in [0.15, 0.2) is 131 Å². The zero-order valence-corrected chi connectivity index (χ0v) is 27.9. The van der Waals surface area contributed by atoms with Gasteiger partial charge in [-0.25, -0.2) is 0 Å². The number of para-hydroxylation sites is 2. The minimum atomic E-state index is -0.373. The minimum Gasteiger partial charge on any atom is -0.455 e. The van der Waals surface area contributed by atoms with E-state index in [1.54, 1.807) is 0 Å². The van der Waals surface area contributed by atoms with Crippen molar-refractivity contribution < 1.29 is 4.42 Å². The quantitative estimate of drug-likeness (QED) is 0.197. The van der Waals surface area contributed by atoms with Gasteiger partial charge in [0.25, 0.3) is 0 Å². The number of furan rings is 1. The van der Waals surface area contributed by atoms with Crippen LogP contribution in [-0.2, 0) is 16.2 Å². The van der Waals surface area contributed by atoms with Crippen molar-refractivity contribution in [2.45, 2.75) is 70.6 Å². The molecule has 0 atom stereocenters. The Morgan fingerprint density at radius 3 is 1.76 bits per heavy atom. The molecule has 0 saturated carbocycles. The fourth-order valence-corrected chi connectivity index (χ4v) is 7.96. The number of rotatable bonds is 3. The Hall–Kier alpha value is -4.62. The maximum absolute atomic E-state index is 6.47. The van der Waals surface area contributed by atoms with E-state index in [4.69, 9.17) is 4.42 Å². The monoisotopic (exact) mass is 598 g/mol. The van der Waals surface area contributed by atoms with Gasteiger partial charge in [-0.3, -0.25) is 0 Å². The maximum atomic E-state index is 6.47. The normalized spacial score (nSPS) is 15.9. The second-order valence-corrected chi connectivity index (χ2v) is 15.3. The zero-order chi connectivity index (χ0) is 31.8. The molecule has 0 radical (unpaired) electrons. The molecule has 0 fully saturated rings. The van der Waals surface area contributed by atoms with Gasteiger partial charge in [-0.2, -0.15) is 0 Å². The molecule has 46 heavy (non-hydrogen) atoms. The van der Waals surface area contributed by atoms with Crippen LogP contribution in [0.1, 0.15) is 87.8 Å². The molecule has 2 aliphatic carbocycles. The molecule has 0 bridgehead atoms. The van der Waals surface area contributed by atoms with Crippen molar-refractivity contribution in [3.8, 4) is 11.1 Å². The van der Waals surface area contributed by atoms with Gasteiger partial charge < -0.3 is 4.42 Å². The Labute approximate surface area is 273 Å². The predicted molar refractivity (Wildman–Crippen MR) is 195 cm³/mol. The van der Waals surface area contributed by atoms with Crippen molar-refractivity contribution in [1.82, 2.24) is 0 Å². The summed E-state index contributed by atoms with van der Waals surface area (Å²) >= 11 is 0. The van der Waals surface area contributed by atoms with E-state index in [0.717, 1.165) is 24.0 Å². The van der Waals surface area contributed by atoms with E-state index in [1.165, 1.54) is 66.4 Å². The third-order valence-corrected chi connectivity index (χ3v) is 10.5. The van der Waals surface area contributed by atoms with E-state index in [9.17, 15) is 0 Å². The fourth-order valence-electron chi connectivity index (χ4n) is 7.96. The molecule has 5 aromatic carbocycles. The summed E-state index contributed by atoms with van der Waals surface area (Å²) in [5.74, 6) is 0. The summed E-state index contributed by atoms with van der Waals surface area (Å²) in [6.45, 7) is 14.0. The topological polar surface area (TPSA) is 13.1 Å². The molecule has 0 aliphatic heterocycles. The van der Waals surface area contributed by atoms with E-state index in [2.05, 4.69) is 163 Å². The van der Waals surface area contributed by atoms with Gasteiger partial charge in [-0.15, -0.1) is 0 Å². The van der Waals surface area contributed by atoms with Crippen LogP contribution in [0.4, 0.5) is 0 Å². The molecule has 1 aromatic heterocycles. The lowest BCUT2D eigenvalue weighted by atomic mass is 9.64. The first-order chi connectivity index (χ1) is 22.1. The Bertz CT molecular complexity index is 2140. The number of allylic oxidation sites excluding steroid dienone is 4. The summed E-state index contributed by atoms with van der Waals surface area (Å²) in [7, 11) is 0. The first-order valence-electron chi connectivity index (χ1n) is 16.7. The van der Waals surface area contributed by atoms with E-state index in [0.29, 0.717) is 0 Å². The molecule has 0 N–H and O–H groups in total. The van der Waals surface area contributed by atoms with Crippen LogP contribution >= 0.6 is 0 Å². The number of hydrogen-bond acceptors (Lipinski definition) is 1. The van der Waals surface area contributed by atoms with Crippen LogP contribution in [0.5, 0.6) is 0 Å². The summed E-state index contributed by atoms with van der Waals surface area (Å²) < 4.78 is 6.47. The molecule has 1 nitrogen and oxygen atoms in total.